The van der Waals surface area contributed by atoms with Crippen LogP contribution in [0.5, 0.6) is 0 Å². The third-order valence-corrected chi connectivity index (χ3v) is 4.39. The summed E-state index contributed by atoms with van der Waals surface area (Å²) in [7, 11) is 0. The Labute approximate surface area is 119 Å². The quantitative estimate of drug-likeness (QED) is 0.808. The Kier molecular flexibility index (Phi) is 5.67. The van der Waals surface area contributed by atoms with Gasteiger partial charge in [-0.15, -0.1) is 0 Å². The molecule has 18 heavy (non-hydrogen) atoms. The van der Waals surface area contributed by atoms with Crippen LogP contribution in [0.3, 0.4) is 0 Å². The van der Waals surface area contributed by atoms with Crippen molar-refractivity contribution in [1.82, 2.24) is 10.2 Å². The van der Waals surface area contributed by atoms with E-state index in [4.69, 9.17) is 0 Å². The topological polar surface area (TPSA) is 15.3 Å². The highest BCUT2D eigenvalue weighted by atomic mass is 79.9. The lowest BCUT2D eigenvalue weighted by molar-refractivity contribution is 0.328. The van der Waals surface area contributed by atoms with Crippen molar-refractivity contribution in [3.05, 3.63) is 34.3 Å². The molecule has 3 heteroatoms. The summed E-state index contributed by atoms with van der Waals surface area (Å²) in [6.07, 6.45) is 4.02. The summed E-state index contributed by atoms with van der Waals surface area (Å²) < 4.78 is 1.20. The van der Waals surface area contributed by atoms with Crippen molar-refractivity contribution >= 4 is 15.9 Å². The number of likely N-dealkylation sites (tertiary alicyclic amines) is 1. The van der Waals surface area contributed by atoms with Gasteiger partial charge in [0.25, 0.3) is 0 Å². The Morgan fingerprint density at radius 2 is 2.00 bits per heavy atom. The van der Waals surface area contributed by atoms with Gasteiger partial charge in [-0.3, -0.25) is 0 Å². The first-order valence-corrected chi connectivity index (χ1v) is 7.77. The van der Waals surface area contributed by atoms with Gasteiger partial charge >= 0.3 is 0 Å². The van der Waals surface area contributed by atoms with Crippen LogP contribution < -0.4 is 5.32 Å². The van der Waals surface area contributed by atoms with E-state index in [1.807, 2.05) is 0 Å². The zero-order valence-corrected chi connectivity index (χ0v) is 12.7. The number of nitrogens with one attached hydrogen (secondary N) is 1. The van der Waals surface area contributed by atoms with E-state index in [-0.39, 0.29) is 0 Å². The molecule has 100 valence electrons. The molecular weight excluding hydrogens is 288 g/mol. The molecule has 0 aromatic heterocycles. The van der Waals surface area contributed by atoms with Crippen LogP contribution in [0.1, 0.15) is 37.8 Å². The highest BCUT2D eigenvalue weighted by Crippen LogP contribution is 2.22. The molecule has 1 fully saturated rings. The van der Waals surface area contributed by atoms with Gasteiger partial charge in [0.1, 0.15) is 0 Å². The maximum atomic E-state index is 3.61. The Bertz CT molecular complexity index is 361. The summed E-state index contributed by atoms with van der Waals surface area (Å²) in [6, 6.07) is 8.87. The van der Waals surface area contributed by atoms with E-state index in [0.29, 0.717) is 6.04 Å². The highest BCUT2D eigenvalue weighted by molar-refractivity contribution is 9.10. The molecule has 1 N–H and O–H groups in total. The lowest BCUT2D eigenvalue weighted by Crippen LogP contribution is -2.26. The van der Waals surface area contributed by atoms with Gasteiger partial charge in [-0.2, -0.15) is 0 Å². The van der Waals surface area contributed by atoms with Crippen molar-refractivity contribution in [3.63, 3.8) is 0 Å². The molecule has 0 unspecified atom stereocenters. The Morgan fingerprint density at radius 1 is 1.28 bits per heavy atom. The highest BCUT2D eigenvalue weighted by Gasteiger charge is 2.11. The first kappa shape index (κ1) is 14.0. The molecule has 0 amide bonds. The monoisotopic (exact) mass is 310 g/mol. The van der Waals surface area contributed by atoms with Gasteiger partial charge in [0.15, 0.2) is 0 Å². The summed E-state index contributed by atoms with van der Waals surface area (Å²) in [4.78, 5) is 2.57. The minimum Gasteiger partial charge on any atom is -0.310 e. The van der Waals surface area contributed by atoms with Crippen LogP contribution in [0.2, 0.25) is 0 Å². The predicted molar refractivity (Wildman–Crippen MR) is 80.9 cm³/mol. The average Bonchev–Trinajstić information content (AvgIpc) is 2.88. The Balaban J connectivity index is 1.68. The van der Waals surface area contributed by atoms with Gasteiger partial charge in [0.2, 0.25) is 0 Å². The molecule has 1 aromatic carbocycles. The van der Waals surface area contributed by atoms with Crippen molar-refractivity contribution in [3.8, 4) is 0 Å². The van der Waals surface area contributed by atoms with E-state index in [0.717, 1.165) is 6.54 Å². The van der Waals surface area contributed by atoms with Crippen LogP contribution >= 0.6 is 15.9 Å². The molecular formula is C15H23BrN2. The number of halogens is 1. The number of nitrogens with zero attached hydrogens (tertiary/aromatic N) is 1. The second-order valence-electron chi connectivity index (χ2n) is 5.10. The smallest absolute Gasteiger partial charge is 0.0302 e. The second-order valence-corrected chi connectivity index (χ2v) is 5.95. The van der Waals surface area contributed by atoms with Crippen molar-refractivity contribution in [2.24, 2.45) is 0 Å². The van der Waals surface area contributed by atoms with Crippen LogP contribution in [-0.4, -0.2) is 31.1 Å². The fourth-order valence-corrected chi connectivity index (χ4v) is 3.19. The maximum Gasteiger partial charge on any atom is 0.0302 e. The zero-order chi connectivity index (χ0) is 12.8. The van der Waals surface area contributed by atoms with Gasteiger partial charge in [-0.1, -0.05) is 34.1 Å². The van der Waals surface area contributed by atoms with Gasteiger partial charge in [0.05, 0.1) is 0 Å². The third kappa shape index (κ3) is 4.08. The summed E-state index contributed by atoms with van der Waals surface area (Å²) >= 11 is 3.61. The average molecular weight is 311 g/mol. The molecule has 1 aliphatic heterocycles. The van der Waals surface area contributed by atoms with Gasteiger partial charge in [-0.05, 0) is 64.0 Å². The van der Waals surface area contributed by atoms with Crippen molar-refractivity contribution < 1.29 is 0 Å². The zero-order valence-electron chi connectivity index (χ0n) is 11.2. The molecule has 0 spiro atoms. The van der Waals surface area contributed by atoms with Crippen LogP contribution in [0.25, 0.3) is 0 Å². The molecule has 2 nitrogen and oxygen atoms in total. The first-order valence-electron chi connectivity index (χ1n) is 6.97. The number of hydrogen-bond acceptors (Lipinski definition) is 2. The summed E-state index contributed by atoms with van der Waals surface area (Å²) in [5, 5.41) is 3.61. The van der Waals surface area contributed by atoms with Crippen LogP contribution in [0.15, 0.2) is 28.7 Å². The van der Waals surface area contributed by atoms with Crippen LogP contribution in [-0.2, 0) is 0 Å². The van der Waals surface area contributed by atoms with E-state index in [9.17, 15) is 0 Å². The second kappa shape index (κ2) is 7.27. The fourth-order valence-electron chi connectivity index (χ4n) is 2.56. The fraction of sp³-hybridized carbons (Fsp3) is 0.600. The largest absolute Gasteiger partial charge is 0.310 e. The Morgan fingerprint density at radius 3 is 2.72 bits per heavy atom. The van der Waals surface area contributed by atoms with Gasteiger partial charge in [-0.25, -0.2) is 0 Å². The molecule has 1 saturated heterocycles. The Hall–Kier alpha value is -0.380. The van der Waals surface area contributed by atoms with E-state index in [1.165, 1.54) is 48.9 Å². The summed E-state index contributed by atoms with van der Waals surface area (Å²) in [5.74, 6) is 0. The molecule has 0 aliphatic carbocycles. The molecule has 1 atom stereocenters. The van der Waals surface area contributed by atoms with E-state index >= 15 is 0 Å². The minimum atomic E-state index is 0.416. The lowest BCUT2D eigenvalue weighted by Gasteiger charge is -2.18. The van der Waals surface area contributed by atoms with Crippen molar-refractivity contribution in [2.45, 2.75) is 32.2 Å². The molecule has 1 aliphatic rings. The molecule has 0 bridgehead atoms. The predicted octanol–water partition coefficient (Wildman–Crippen LogP) is 3.59. The standard InChI is InChI=1S/C15H23BrN2/c1-13(14-7-2-3-8-15(14)16)17-9-6-12-18-10-4-5-11-18/h2-3,7-8,13,17H,4-6,9-12H2,1H3/t13-/m0/s1. The van der Waals surface area contributed by atoms with Gasteiger partial charge < -0.3 is 10.2 Å². The minimum absolute atomic E-state index is 0.416. The van der Waals surface area contributed by atoms with Crippen LogP contribution in [0.4, 0.5) is 0 Å². The number of benzene rings is 1. The lowest BCUT2D eigenvalue weighted by atomic mass is 10.1. The van der Waals surface area contributed by atoms with E-state index in [1.54, 1.807) is 0 Å². The van der Waals surface area contributed by atoms with E-state index in [2.05, 4.69) is 57.3 Å². The van der Waals surface area contributed by atoms with Gasteiger partial charge in [0, 0.05) is 10.5 Å². The first-order chi connectivity index (χ1) is 8.77. The molecule has 0 saturated carbocycles. The SMILES string of the molecule is C[C@H](NCCCN1CCCC1)c1ccccc1Br. The third-order valence-electron chi connectivity index (χ3n) is 3.67. The molecule has 1 heterocycles. The van der Waals surface area contributed by atoms with Crippen LogP contribution in [0, 0.1) is 0 Å². The molecule has 2 rings (SSSR count). The summed E-state index contributed by atoms with van der Waals surface area (Å²) in [6.45, 7) is 7.18. The van der Waals surface area contributed by atoms with Crippen molar-refractivity contribution in [2.75, 3.05) is 26.2 Å². The van der Waals surface area contributed by atoms with E-state index < -0.39 is 0 Å². The normalized spacial score (nSPS) is 18.1. The van der Waals surface area contributed by atoms with Crippen molar-refractivity contribution in [1.29, 1.82) is 0 Å². The maximum absolute atomic E-state index is 3.61. The molecule has 0 radical (unpaired) electrons. The number of hydrogen-bond donors (Lipinski definition) is 1. The summed E-state index contributed by atoms with van der Waals surface area (Å²) in [5.41, 5.74) is 1.35. The number of rotatable bonds is 6. The molecule has 1 aromatic rings.